The molecule has 1 aliphatic carbocycles. The average molecular weight is 160 g/mol. The molecule has 0 radical (unpaired) electrons. The molecule has 3 nitrogen and oxygen atoms in total. The second-order valence-electron chi connectivity index (χ2n) is 3.35. The molecule has 4 atom stereocenters. The number of rotatable bonds is 2. The number of aliphatic hydroxyl groups is 2. The van der Waals surface area contributed by atoms with Gasteiger partial charge in [0.15, 0.2) is 0 Å². The van der Waals surface area contributed by atoms with Crippen LogP contribution in [0.25, 0.3) is 0 Å². The Bertz CT molecular complexity index is 127. The van der Waals surface area contributed by atoms with Crippen LogP contribution in [0.1, 0.15) is 13.3 Å². The molecular weight excluding hydrogens is 144 g/mol. The van der Waals surface area contributed by atoms with Crippen molar-refractivity contribution < 1.29 is 14.9 Å². The highest BCUT2D eigenvalue weighted by molar-refractivity contribution is 4.89. The van der Waals surface area contributed by atoms with Gasteiger partial charge in [0.05, 0.1) is 12.2 Å². The highest BCUT2D eigenvalue weighted by atomic mass is 16.5. The first-order valence-corrected chi connectivity index (χ1v) is 4.02. The van der Waals surface area contributed by atoms with Gasteiger partial charge in [-0.2, -0.15) is 0 Å². The van der Waals surface area contributed by atoms with Crippen LogP contribution in [0.3, 0.4) is 0 Å². The molecule has 0 saturated heterocycles. The third kappa shape index (κ3) is 1.55. The molecule has 0 unspecified atom stereocenters. The summed E-state index contributed by atoms with van der Waals surface area (Å²) in [6.45, 7) is 2.10. The van der Waals surface area contributed by atoms with Gasteiger partial charge in [-0.25, -0.2) is 0 Å². The zero-order chi connectivity index (χ0) is 8.43. The standard InChI is InChI=1S/C8H16O3/c1-5-3-6(4-9)7(10)8(5)11-2/h5-10H,3-4H2,1-2H3/t5-,6-,7-,8+/m1/s1. The average Bonchev–Trinajstić information content (AvgIpc) is 2.26. The lowest BCUT2D eigenvalue weighted by Gasteiger charge is -2.18. The largest absolute Gasteiger partial charge is 0.396 e. The predicted octanol–water partition coefficient (Wildman–Crippen LogP) is 0.0106. The van der Waals surface area contributed by atoms with Gasteiger partial charge < -0.3 is 14.9 Å². The van der Waals surface area contributed by atoms with Gasteiger partial charge >= 0.3 is 0 Å². The van der Waals surface area contributed by atoms with Gasteiger partial charge in [0.2, 0.25) is 0 Å². The van der Waals surface area contributed by atoms with E-state index in [2.05, 4.69) is 0 Å². The Kier molecular flexibility index (Phi) is 2.87. The molecule has 0 aromatic carbocycles. The van der Waals surface area contributed by atoms with Crippen LogP contribution in [0.2, 0.25) is 0 Å². The van der Waals surface area contributed by atoms with Crippen molar-refractivity contribution in [1.29, 1.82) is 0 Å². The second kappa shape index (κ2) is 3.52. The lowest BCUT2D eigenvalue weighted by Crippen LogP contribution is -2.30. The normalized spacial score (nSPS) is 44.7. The van der Waals surface area contributed by atoms with Crippen LogP contribution < -0.4 is 0 Å². The smallest absolute Gasteiger partial charge is 0.0859 e. The Morgan fingerprint density at radius 3 is 2.45 bits per heavy atom. The van der Waals surface area contributed by atoms with Crippen LogP contribution in [0, 0.1) is 11.8 Å². The molecule has 0 amide bonds. The summed E-state index contributed by atoms with van der Waals surface area (Å²) in [6.07, 6.45) is 0.281. The molecule has 0 aromatic rings. The molecule has 0 aliphatic heterocycles. The molecule has 0 aromatic heterocycles. The minimum absolute atomic E-state index is 0.00921. The summed E-state index contributed by atoms with van der Waals surface area (Å²) < 4.78 is 5.11. The summed E-state index contributed by atoms with van der Waals surface area (Å²) in [4.78, 5) is 0. The van der Waals surface area contributed by atoms with E-state index >= 15 is 0 Å². The molecule has 1 aliphatic rings. The van der Waals surface area contributed by atoms with E-state index in [-0.39, 0.29) is 18.6 Å². The first-order chi connectivity index (χ1) is 5.20. The molecule has 66 valence electrons. The van der Waals surface area contributed by atoms with Gasteiger partial charge in [0.25, 0.3) is 0 Å². The Balaban J connectivity index is 2.55. The van der Waals surface area contributed by atoms with Gasteiger partial charge in [0, 0.05) is 19.6 Å². The van der Waals surface area contributed by atoms with Crippen molar-refractivity contribution >= 4 is 0 Å². The van der Waals surface area contributed by atoms with Crippen LogP contribution >= 0.6 is 0 Å². The summed E-state index contributed by atoms with van der Waals surface area (Å²) >= 11 is 0. The van der Waals surface area contributed by atoms with Crippen molar-refractivity contribution in [3.63, 3.8) is 0 Å². The molecule has 0 spiro atoms. The quantitative estimate of drug-likeness (QED) is 0.598. The van der Waals surface area contributed by atoms with E-state index in [1.807, 2.05) is 6.92 Å². The van der Waals surface area contributed by atoms with Gasteiger partial charge in [0.1, 0.15) is 0 Å². The van der Waals surface area contributed by atoms with Crippen molar-refractivity contribution in [2.24, 2.45) is 11.8 Å². The SMILES string of the molecule is CO[C@@H]1[C@H](O)[C@@H](CO)C[C@H]1C. The van der Waals surface area contributed by atoms with Crippen molar-refractivity contribution in [2.45, 2.75) is 25.6 Å². The van der Waals surface area contributed by atoms with Crippen molar-refractivity contribution in [2.75, 3.05) is 13.7 Å². The molecule has 11 heavy (non-hydrogen) atoms. The second-order valence-corrected chi connectivity index (χ2v) is 3.35. The molecule has 1 fully saturated rings. The lowest BCUT2D eigenvalue weighted by atomic mass is 10.1. The van der Waals surface area contributed by atoms with Crippen molar-refractivity contribution in [3.8, 4) is 0 Å². The van der Waals surface area contributed by atoms with E-state index in [9.17, 15) is 5.11 Å². The maximum Gasteiger partial charge on any atom is 0.0859 e. The van der Waals surface area contributed by atoms with Gasteiger partial charge in [-0.05, 0) is 12.3 Å². The Morgan fingerprint density at radius 1 is 1.55 bits per heavy atom. The third-order valence-electron chi connectivity index (χ3n) is 2.56. The highest BCUT2D eigenvalue weighted by Gasteiger charge is 2.39. The minimum atomic E-state index is -0.486. The fourth-order valence-electron chi connectivity index (χ4n) is 1.91. The highest BCUT2D eigenvalue weighted by Crippen LogP contribution is 2.32. The monoisotopic (exact) mass is 160 g/mol. The Labute approximate surface area is 67.0 Å². The fraction of sp³-hybridized carbons (Fsp3) is 1.00. The summed E-state index contributed by atoms with van der Waals surface area (Å²) in [5.74, 6) is 0.363. The van der Waals surface area contributed by atoms with Crippen LogP contribution in [0.5, 0.6) is 0 Å². The molecule has 0 bridgehead atoms. The first kappa shape index (κ1) is 8.97. The summed E-state index contributed by atoms with van der Waals surface area (Å²) in [5.41, 5.74) is 0. The number of ether oxygens (including phenoxy) is 1. The molecule has 1 rings (SSSR count). The minimum Gasteiger partial charge on any atom is -0.396 e. The number of methoxy groups -OCH3 is 1. The number of hydrogen-bond donors (Lipinski definition) is 2. The maximum absolute atomic E-state index is 9.53. The Hall–Kier alpha value is -0.120. The van der Waals surface area contributed by atoms with Crippen LogP contribution in [-0.2, 0) is 4.74 Å². The van der Waals surface area contributed by atoms with Crippen molar-refractivity contribution in [3.05, 3.63) is 0 Å². The van der Waals surface area contributed by atoms with Gasteiger partial charge in [-0.1, -0.05) is 6.92 Å². The molecule has 0 heterocycles. The van der Waals surface area contributed by atoms with E-state index in [0.29, 0.717) is 5.92 Å². The fourth-order valence-corrected chi connectivity index (χ4v) is 1.91. The zero-order valence-electron chi connectivity index (χ0n) is 7.03. The summed E-state index contributed by atoms with van der Waals surface area (Å²) in [6, 6.07) is 0. The van der Waals surface area contributed by atoms with E-state index in [4.69, 9.17) is 9.84 Å². The molecule has 1 saturated carbocycles. The number of hydrogen-bond acceptors (Lipinski definition) is 3. The van der Waals surface area contributed by atoms with E-state index in [0.717, 1.165) is 6.42 Å². The Morgan fingerprint density at radius 2 is 2.18 bits per heavy atom. The first-order valence-electron chi connectivity index (χ1n) is 4.02. The molecule has 3 heteroatoms. The lowest BCUT2D eigenvalue weighted by molar-refractivity contribution is -0.0295. The molecular formula is C8H16O3. The van der Waals surface area contributed by atoms with Crippen LogP contribution in [-0.4, -0.2) is 36.1 Å². The zero-order valence-corrected chi connectivity index (χ0v) is 7.03. The topological polar surface area (TPSA) is 49.7 Å². The van der Waals surface area contributed by atoms with Crippen LogP contribution in [0.4, 0.5) is 0 Å². The number of aliphatic hydroxyl groups excluding tert-OH is 2. The van der Waals surface area contributed by atoms with E-state index in [1.165, 1.54) is 0 Å². The third-order valence-corrected chi connectivity index (χ3v) is 2.56. The summed E-state index contributed by atoms with van der Waals surface area (Å²) in [7, 11) is 1.60. The predicted molar refractivity (Wildman–Crippen MR) is 41.2 cm³/mol. The maximum atomic E-state index is 9.53. The molecule has 2 N–H and O–H groups in total. The van der Waals surface area contributed by atoms with Crippen LogP contribution in [0.15, 0.2) is 0 Å². The van der Waals surface area contributed by atoms with Crippen molar-refractivity contribution in [1.82, 2.24) is 0 Å². The summed E-state index contributed by atoms with van der Waals surface area (Å²) in [5, 5.41) is 18.4. The van der Waals surface area contributed by atoms with Gasteiger partial charge in [-0.15, -0.1) is 0 Å². The van der Waals surface area contributed by atoms with E-state index in [1.54, 1.807) is 7.11 Å². The van der Waals surface area contributed by atoms with E-state index < -0.39 is 6.10 Å². The van der Waals surface area contributed by atoms with Gasteiger partial charge in [-0.3, -0.25) is 0 Å².